The molecule has 7 heteroatoms. The molecular formula is C35H23N7. The molecule has 0 aromatic carbocycles. The molecule has 0 N–H and O–H groups in total. The van der Waals surface area contributed by atoms with Crippen LogP contribution in [-0.4, -0.2) is 34.9 Å². The average Bonchev–Trinajstić information content (AvgIpc) is 3.09. The Hall–Kier alpha value is -5.95. The molecule has 0 aliphatic heterocycles. The Morgan fingerprint density at radius 2 is 0.619 bits per heavy atom. The third-order valence-electron chi connectivity index (χ3n) is 6.76. The third kappa shape index (κ3) is 5.02. The van der Waals surface area contributed by atoms with Gasteiger partial charge in [0.1, 0.15) is 0 Å². The van der Waals surface area contributed by atoms with Crippen molar-refractivity contribution in [3.05, 3.63) is 140 Å². The van der Waals surface area contributed by atoms with E-state index in [0.29, 0.717) is 0 Å². The van der Waals surface area contributed by atoms with E-state index < -0.39 is 0 Å². The van der Waals surface area contributed by atoms with Crippen LogP contribution in [0, 0.1) is 0 Å². The van der Waals surface area contributed by atoms with Crippen molar-refractivity contribution in [3.8, 4) is 68.1 Å². The van der Waals surface area contributed by atoms with E-state index in [1.807, 2.05) is 115 Å². The summed E-state index contributed by atoms with van der Waals surface area (Å²) in [6.45, 7) is 0. The topological polar surface area (TPSA) is 90.2 Å². The van der Waals surface area contributed by atoms with Crippen molar-refractivity contribution in [1.82, 2.24) is 34.9 Å². The largest absolute Gasteiger partial charge is 0.256 e. The van der Waals surface area contributed by atoms with Crippen LogP contribution >= 0.6 is 0 Å². The van der Waals surface area contributed by atoms with Crippen LogP contribution in [0.15, 0.2) is 140 Å². The number of aromatic nitrogens is 7. The lowest BCUT2D eigenvalue weighted by molar-refractivity contribution is 1.19. The molecule has 0 radical (unpaired) electrons. The minimum Gasteiger partial charge on any atom is -0.256 e. The van der Waals surface area contributed by atoms with Crippen molar-refractivity contribution in [2.75, 3.05) is 0 Å². The van der Waals surface area contributed by atoms with E-state index in [1.54, 1.807) is 24.8 Å². The predicted molar refractivity (Wildman–Crippen MR) is 164 cm³/mol. The highest BCUT2D eigenvalue weighted by Crippen LogP contribution is 2.33. The van der Waals surface area contributed by atoms with Crippen LogP contribution in [0.3, 0.4) is 0 Å². The van der Waals surface area contributed by atoms with Crippen molar-refractivity contribution in [1.29, 1.82) is 0 Å². The Labute approximate surface area is 242 Å². The number of hydrogen-bond acceptors (Lipinski definition) is 7. The standard InChI is InChI=1S/C35H23N7/c1-5-20-36-26(10-1)24-16-18-30(41-34(24)32-12-3-7-22-38-32)28-14-9-15-29(40-28)31-19-17-25(27-11-2-6-21-37-27)35(42-31)33-13-4-8-23-39-33/h1-23H. The molecule has 0 spiro atoms. The van der Waals surface area contributed by atoms with Crippen LogP contribution in [0.25, 0.3) is 68.1 Å². The highest BCUT2D eigenvalue weighted by Gasteiger charge is 2.16. The second-order valence-electron chi connectivity index (χ2n) is 9.45. The summed E-state index contributed by atoms with van der Waals surface area (Å²) in [4.78, 5) is 33.3. The fraction of sp³-hybridized carbons (Fsp3) is 0. The van der Waals surface area contributed by atoms with Crippen molar-refractivity contribution >= 4 is 0 Å². The Kier molecular flexibility index (Phi) is 6.72. The summed E-state index contributed by atoms with van der Waals surface area (Å²) in [7, 11) is 0. The van der Waals surface area contributed by atoms with E-state index in [9.17, 15) is 0 Å². The fourth-order valence-corrected chi connectivity index (χ4v) is 4.78. The van der Waals surface area contributed by atoms with Gasteiger partial charge in [-0.2, -0.15) is 0 Å². The van der Waals surface area contributed by atoms with Gasteiger partial charge in [-0.25, -0.2) is 15.0 Å². The molecule has 0 amide bonds. The molecule has 7 nitrogen and oxygen atoms in total. The molecule has 7 aromatic rings. The maximum absolute atomic E-state index is 5.04. The van der Waals surface area contributed by atoms with Crippen molar-refractivity contribution in [2.45, 2.75) is 0 Å². The van der Waals surface area contributed by atoms with Gasteiger partial charge in [-0.3, -0.25) is 19.9 Å². The van der Waals surface area contributed by atoms with Gasteiger partial charge in [0.2, 0.25) is 0 Å². The van der Waals surface area contributed by atoms with E-state index in [2.05, 4.69) is 19.9 Å². The lowest BCUT2D eigenvalue weighted by atomic mass is 10.0. The quantitative estimate of drug-likeness (QED) is 0.216. The molecule has 7 heterocycles. The summed E-state index contributed by atoms with van der Waals surface area (Å²) in [5.41, 5.74) is 9.41. The zero-order valence-electron chi connectivity index (χ0n) is 22.4. The normalized spacial score (nSPS) is 10.9. The first-order valence-electron chi connectivity index (χ1n) is 13.5. The Morgan fingerprint density at radius 3 is 1.00 bits per heavy atom. The Morgan fingerprint density at radius 1 is 0.262 bits per heavy atom. The number of nitrogens with zero attached hydrogens (tertiary/aromatic N) is 7. The van der Waals surface area contributed by atoms with Crippen LogP contribution in [0.5, 0.6) is 0 Å². The molecule has 42 heavy (non-hydrogen) atoms. The molecule has 0 atom stereocenters. The van der Waals surface area contributed by atoms with Gasteiger partial charge in [-0.15, -0.1) is 0 Å². The molecule has 0 saturated heterocycles. The lowest BCUT2D eigenvalue weighted by Crippen LogP contribution is -1.98. The van der Waals surface area contributed by atoms with Gasteiger partial charge in [0, 0.05) is 35.9 Å². The number of rotatable bonds is 6. The SMILES string of the molecule is c1ccc(-c2ccc(-c3cccc(-c4ccc(-c5ccccn5)c(-c5ccccn5)n4)n3)nc2-c2ccccn2)nc1. The van der Waals surface area contributed by atoms with E-state index in [-0.39, 0.29) is 0 Å². The summed E-state index contributed by atoms with van der Waals surface area (Å²) in [5.74, 6) is 0. The van der Waals surface area contributed by atoms with E-state index in [4.69, 9.17) is 15.0 Å². The molecule has 7 rings (SSSR count). The molecule has 0 unspecified atom stereocenters. The van der Waals surface area contributed by atoms with Gasteiger partial charge < -0.3 is 0 Å². The summed E-state index contributed by atoms with van der Waals surface area (Å²) >= 11 is 0. The monoisotopic (exact) mass is 541 g/mol. The minimum atomic E-state index is 0.729. The first-order valence-corrected chi connectivity index (χ1v) is 13.5. The van der Waals surface area contributed by atoms with Gasteiger partial charge in [-0.05, 0) is 84.9 Å². The Balaban J connectivity index is 1.33. The number of hydrogen-bond donors (Lipinski definition) is 0. The summed E-state index contributed by atoms with van der Waals surface area (Å²) in [5, 5.41) is 0. The molecule has 7 aromatic heterocycles. The zero-order valence-corrected chi connectivity index (χ0v) is 22.4. The Bertz CT molecular complexity index is 1820. The smallest absolute Gasteiger partial charge is 0.0988 e. The minimum absolute atomic E-state index is 0.729. The third-order valence-corrected chi connectivity index (χ3v) is 6.76. The summed E-state index contributed by atoms with van der Waals surface area (Å²) in [6, 6.07) is 37.2. The van der Waals surface area contributed by atoms with Crippen molar-refractivity contribution in [3.63, 3.8) is 0 Å². The fourth-order valence-electron chi connectivity index (χ4n) is 4.78. The van der Waals surface area contributed by atoms with Gasteiger partial charge in [0.05, 0.1) is 56.9 Å². The molecule has 198 valence electrons. The zero-order chi connectivity index (χ0) is 28.1. The molecule has 0 aliphatic rings. The predicted octanol–water partition coefficient (Wildman–Crippen LogP) is 7.45. The van der Waals surface area contributed by atoms with E-state index in [0.717, 1.165) is 68.1 Å². The van der Waals surface area contributed by atoms with Crippen LogP contribution in [0.2, 0.25) is 0 Å². The summed E-state index contributed by atoms with van der Waals surface area (Å²) < 4.78 is 0. The van der Waals surface area contributed by atoms with Gasteiger partial charge in [0.25, 0.3) is 0 Å². The van der Waals surface area contributed by atoms with Crippen LogP contribution in [0.1, 0.15) is 0 Å². The highest BCUT2D eigenvalue weighted by molar-refractivity contribution is 5.81. The van der Waals surface area contributed by atoms with Crippen LogP contribution in [0.4, 0.5) is 0 Å². The maximum atomic E-state index is 5.04. The first-order chi connectivity index (χ1) is 20.8. The highest BCUT2D eigenvalue weighted by atomic mass is 14.9. The van der Waals surface area contributed by atoms with Crippen LogP contribution < -0.4 is 0 Å². The van der Waals surface area contributed by atoms with Gasteiger partial charge in [0.15, 0.2) is 0 Å². The number of pyridine rings is 7. The lowest BCUT2D eigenvalue weighted by Gasteiger charge is -2.12. The summed E-state index contributed by atoms with van der Waals surface area (Å²) in [6.07, 6.45) is 7.10. The molecule has 0 bridgehead atoms. The average molecular weight is 542 g/mol. The molecule has 0 fully saturated rings. The van der Waals surface area contributed by atoms with Gasteiger partial charge >= 0.3 is 0 Å². The molecule has 0 aliphatic carbocycles. The maximum Gasteiger partial charge on any atom is 0.0988 e. The first kappa shape index (κ1) is 25.0. The second-order valence-corrected chi connectivity index (χ2v) is 9.45. The van der Waals surface area contributed by atoms with Crippen molar-refractivity contribution in [2.24, 2.45) is 0 Å². The van der Waals surface area contributed by atoms with Crippen LogP contribution in [-0.2, 0) is 0 Å². The van der Waals surface area contributed by atoms with Gasteiger partial charge in [-0.1, -0.05) is 30.3 Å². The second kappa shape index (κ2) is 11.3. The molecular weight excluding hydrogens is 518 g/mol. The van der Waals surface area contributed by atoms with E-state index >= 15 is 0 Å². The van der Waals surface area contributed by atoms with E-state index in [1.165, 1.54) is 0 Å². The van der Waals surface area contributed by atoms with Crippen molar-refractivity contribution < 1.29 is 0 Å². The molecule has 0 saturated carbocycles.